The molecular weight excluding hydrogens is 512 g/mol. The summed E-state index contributed by atoms with van der Waals surface area (Å²) in [5.41, 5.74) is -0.635. The van der Waals surface area contributed by atoms with Crippen LogP contribution in [0.5, 0.6) is 5.75 Å². The van der Waals surface area contributed by atoms with Gasteiger partial charge < -0.3 is 9.64 Å². The fourth-order valence-corrected chi connectivity index (χ4v) is 6.76. The van der Waals surface area contributed by atoms with Gasteiger partial charge in [-0.15, -0.1) is 0 Å². The van der Waals surface area contributed by atoms with Crippen molar-refractivity contribution in [3.8, 4) is 5.75 Å². The summed E-state index contributed by atoms with van der Waals surface area (Å²) in [4.78, 5) is 36.9. The average Bonchev–Trinajstić information content (AvgIpc) is 3.23. The third-order valence-electron chi connectivity index (χ3n) is 6.37. The standard InChI is InChI=1S/C24H17F2N3O7S/c1-36-17-6-2-14(3-7-17)12-27-21-9-5-16(29(32)33)10-18(21)24(23(27)31)28(22(30)13-37(24,34)35)15-4-8-19(25)20(26)11-15/h2-11H,12-13H2,1H3. The number of nitro groups is 1. The number of nitrogens with zero attached hydrogens (tertiary/aromatic N) is 3. The molecule has 10 nitrogen and oxygen atoms in total. The van der Waals surface area contributed by atoms with Crippen molar-refractivity contribution >= 4 is 38.7 Å². The van der Waals surface area contributed by atoms with Crippen molar-refractivity contribution in [3.63, 3.8) is 0 Å². The van der Waals surface area contributed by atoms with Crippen LogP contribution < -0.4 is 14.5 Å². The molecule has 0 aliphatic carbocycles. The summed E-state index contributed by atoms with van der Waals surface area (Å²) in [6.07, 6.45) is 0. The second-order valence-corrected chi connectivity index (χ2v) is 10.5. The van der Waals surface area contributed by atoms with Gasteiger partial charge in [-0.1, -0.05) is 12.1 Å². The van der Waals surface area contributed by atoms with Crippen molar-refractivity contribution in [1.29, 1.82) is 0 Å². The third-order valence-corrected chi connectivity index (χ3v) is 8.48. The number of nitro benzene ring substituents is 1. The maximum atomic E-state index is 14.2. The van der Waals surface area contributed by atoms with Gasteiger partial charge in [0.2, 0.25) is 5.91 Å². The smallest absolute Gasteiger partial charge is 0.274 e. The molecule has 0 saturated carbocycles. The minimum Gasteiger partial charge on any atom is -0.497 e. The largest absolute Gasteiger partial charge is 0.497 e. The number of rotatable bonds is 5. The number of carbonyl (C=O) groups excluding carboxylic acids is 2. The van der Waals surface area contributed by atoms with E-state index < -0.39 is 54.5 Å². The van der Waals surface area contributed by atoms with Gasteiger partial charge in [-0.05, 0) is 35.9 Å². The van der Waals surface area contributed by atoms with Crippen LogP contribution in [0.1, 0.15) is 11.1 Å². The van der Waals surface area contributed by atoms with Gasteiger partial charge in [0.05, 0.1) is 24.3 Å². The molecule has 0 aromatic heterocycles. The molecule has 13 heteroatoms. The molecule has 1 unspecified atom stereocenters. The van der Waals surface area contributed by atoms with Crippen molar-refractivity contribution in [2.45, 2.75) is 11.4 Å². The number of hydrogen-bond acceptors (Lipinski definition) is 7. The van der Waals surface area contributed by atoms with E-state index in [0.717, 1.165) is 23.1 Å². The van der Waals surface area contributed by atoms with Crippen LogP contribution >= 0.6 is 0 Å². The Morgan fingerprint density at radius 1 is 1.03 bits per heavy atom. The number of benzene rings is 3. The van der Waals surface area contributed by atoms with Gasteiger partial charge in [0, 0.05) is 29.4 Å². The van der Waals surface area contributed by atoms with Gasteiger partial charge in [0.15, 0.2) is 21.5 Å². The van der Waals surface area contributed by atoms with Gasteiger partial charge in [0.25, 0.3) is 16.5 Å². The summed E-state index contributed by atoms with van der Waals surface area (Å²) >= 11 is 0. The van der Waals surface area contributed by atoms with Crippen LogP contribution in [0.3, 0.4) is 0 Å². The van der Waals surface area contributed by atoms with Crippen LogP contribution in [0.4, 0.5) is 25.8 Å². The van der Waals surface area contributed by atoms with E-state index in [2.05, 4.69) is 0 Å². The van der Waals surface area contributed by atoms with E-state index in [1.165, 1.54) is 13.2 Å². The van der Waals surface area contributed by atoms with Gasteiger partial charge in [-0.3, -0.25) is 24.6 Å². The molecule has 0 bridgehead atoms. The fraction of sp³-hybridized carbons (Fsp3) is 0.167. The van der Waals surface area contributed by atoms with Crippen LogP contribution in [0.2, 0.25) is 0 Å². The van der Waals surface area contributed by atoms with E-state index in [4.69, 9.17) is 4.74 Å². The Morgan fingerprint density at radius 2 is 1.73 bits per heavy atom. The third kappa shape index (κ3) is 3.45. The first-order valence-electron chi connectivity index (χ1n) is 10.8. The Kier molecular flexibility index (Phi) is 5.48. The average molecular weight is 529 g/mol. The molecule has 1 saturated heterocycles. The quantitative estimate of drug-likeness (QED) is 0.367. The Labute approximate surface area is 208 Å². The molecule has 37 heavy (non-hydrogen) atoms. The van der Waals surface area contributed by atoms with Gasteiger partial charge in [0.1, 0.15) is 11.5 Å². The van der Waals surface area contributed by atoms with E-state index >= 15 is 0 Å². The Morgan fingerprint density at radius 3 is 2.35 bits per heavy atom. The van der Waals surface area contributed by atoms with E-state index in [1.807, 2.05) is 0 Å². The lowest BCUT2D eigenvalue weighted by Gasteiger charge is -2.32. The zero-order valence-corrected chi connectivity index (χ0v) is 19.9. The Hall–Kier alpha value is -4.39. The number of sulfone groups is 1. The highest BCUT2D eigenvalue weighted by atomic mass is 32.2. The van der Waals surface area contributed by atoms with Crippen molar-refractivity contribution in [2.24, 2.45) is 0 Å². The highest BCUT2D eigenvalue weighted by molar-refractivity contribution is 7.94. The lowest BCUT2D eigenvalue weighted by Crippen LogP contribution is -2.54. The molecular formula is C24H17F2N3O7S. The predicted octanol–water partition coefficient (Wildman–Crippen LogP) is 3.04. The Balaban J connectivity index is 1.76. The van der Waals surface area contributed by atoms with Crippen molar-refractivity contribution < 1.29 is 36.4 Å². The van der Waals surface area contributed by atoms with E-state index in [0.29, 0.717) is 28.3 Å². The summed E-state index contributed by atoms with van der Waals surface area (Å²) in [6, 6.07) is 12.1. The molecule has 2 heterocycles. The molecule has 1 atom stereocenters. The molecule has 2 aliphatic heterocycles. The van der Waals surface area contributed by atoms with Gasteiger partial charge in [-0.2, -0.15) is 0 Å². The summed E-state index contributed by atoms with van der Waals surface area (Å²) < 4.78 is 60.2. The number of fused-ring (bicyclic) bond motifs is 2. The predicted molar refractivity (Wildman–Crippen MR) is 127 cm³/mol. The number of ether oxygens (including phenoxy) is 1. The van der Waals surface area contributed by atoms with Gasteiger partial charge >= 0.3 is 0 Å². The van der Waals surface area contributed by atoms with Crippen molar-refractivity contribution in [2.75, 3.05) is 22.7 Å². The zero-order valence-electron chi connectivity index (χ0n) is 19.1. The van der Waals surface area contributed by atoms with Crippen LogP contribution in [0.25, 0.3) is 0 Å². The first-order valence-corrected chi connectivity index (χ1v) is 12.4. The SMILES string of the molecule is COc1ccc(CN2C(=O)C3(c4cc([N+](=O)[O-])ccc42)N(c2ccc(F)c(F)c2)C(=O)CS3(=O)=O)cc1. The number of methoxy groups -OCH3 is 1. The number of halogens is 2. The molecule has 2 aliphatic rings. The van der Waals surface area contributed by atoms with E-state index in [-0.39, 0.29) is 23.5 Å². The normalized spacial score (nSPS) is 20.0. The summed E-state index contributed by atoms with van der Waals surface area (Å²) in [7, 11) is -3.20. The number of non-ortho nitro benzene ring substituents is 1. The van der Waals surface area contributed by atoms with Crippen molar-refractivity contribution in [1.82, 2.24) is 0 Å². The van der Waals surface area contributed by atoms with E-state index in [1.54, 1.807) is 24.3 Å². The summed E-state index contributed by atoms with van der Waals surface area (Å²) in [5.74, 6) is -5.34. The highest BCUT2D eigenvalue weighted by Gasteiger charge is 2.70. The molecule has 0 N–H and O–H groups in total. The molecule has 1 fully saturated rings. The van der Waals surface area contributed by atoms with Crippen LogP contribution in [0, 0.1) is 21.7 Å². The molecule has 5 rings (SSSR count). The molecule has 3 aromatic carbocycles. The second-order valence-electron chi connectivity index (χ2n) is 8.43. The lowest BCUT2D eigenvalue weighted by atomic mass is 10.0. The monoisotopic (exact) mass is 529 g/mol. The van der Waals surface area contributed by atoms with Crippen LogP contribution in [-0.4, -0.2) is 38.0 Å². The molecule has 1 spiro atoms. The molecule has 190 valence electrons. The van der Waals surface area contributed by atoms with Crippen molar-refractivity contribution in [3.05, 3.63) is 93.5 Å². The highest BCUT2D eigenvalue weighted by Crippen LogP contribution is 2.53. The minimum atomic E-state index is -4.67. The first-order chi connectivity index (χ1) is 17.5. The summed E-state index contributed by atoms with van der Waals surface area (Å²) in [5, 5.41) is 11.6. The molecule has 0 radical (unpaired) electrons. The lowest BCUT2D eigenvalue weighted by molar-refractivity contribution is -0.384. The second kappa shape index (κ2) is 8.34. The number of anilines is 2. The van der Waals surface area contributed by atoms with Gasteiger partial charge in [-0.25, -0.2) is 17.2 Å². The maximum absolute atomic E-state index is 14.2. The Bertz CT molecular complexity index is 1590. The molecule has 3 aromatic rings. The fourth-order valence-electron chi connectivity index (χ4n) is 4.74. The minimum absolute atomic E-state index is 0.0253. The topological polar surface area (TPSA) is 127 Å². The first kappa shape index (κ1) is 24.3. The summed E-state index contributed by atoms with van der Waals surface area (Å²) in [6.45, 7) is -0.148. The van der Waals surface area contributed by atoms with E-state index in [9.17, 15) is 36.9 Å². The zero-order chi connectivity index (χ0) is 26.7. The number of carbonyl (C=O) groups is 2. The van der Waals surface area contributed by atoms with Crippen LogP contribution in [-0.2, 0) is 30.8 Å². The molecule has 2 amide bonds. The number of amides is 2. The maximum Gasteiger partial charge on any atom is 0.274 e. The van der Waals surface area contributed by atoms with Crippen LogP contribution in [0.15, 0.2) is 60.7 Å². The number of hydrogen-bond donors (Lipinski definition) is 0.